The second kappa shape index (κ2) is 4.49. The number of benzene rings is 2. The summed E-state index contributed by atoms with van der Waals surface area (Å²) in [5, 5.41) is 0. The second-order valence-corrected chi connectivity index (χ2v) is 4.26. The number of amides is 1. The number of hydrogen-bond donors (Lipinski definition) is 0. The second-order valence-electron chi connectivity index (χ2n) is 4.26. The van der Waals surface area contributed by atoms with Gasteiger partial charge in [0.05, 0.1) is 6.04 Å². The topological polar surface area (TPSA) is 20.3 Å². The molecule has 1 unspecified atom stereocenters. The fraction of sp³-hybridized carbons (Fsp3) is 0.0625. The molecule has 2 heteroatoms. The Morgan fingerprint density at radius 2 is 1.44 bits per heavy atom. The lowest BCUT2D eigenvalue weighted by atomic mass is 10.1. The average molecular weight is 235 g/mol. The van der Waals surface area contributed by atoms with Crippen LogP contribution in [-0.4, -0.2) is 5.91 Å². The Labute approximate surface area is 106 Å². The quantitative estimate of drug-likeness (QED) is 0.781. The summed E-state index contributed by atoms with van der Waals surface area (Å²) in [4.78, 5) is 13.8. The van der Waals surface area contributed by atoms with Gasteiger partial charge in [0, 0.05) is 11.8 Å². The van der Waals surface area contributed by atoms with E-state index in [1.165, 1.54) is 0 Å². The summed E-state index contributed by atoms with van der Waals surface area (Å²) in [6.07, 6.45) is 3.59. The van der Waals surface area contributed by atoms with Crippen molar-refractivity contribution in [2.24, 2.45) is 0 Å². The number of rotatable bonds is 2. The van der Waals surface area contributed by atoms with E-state index in [-0.39, 0.29) is 11.9 Å². The molecule has 3 rings (SSSR count). The summed E-state index contributed by atoms with van der Waals surface area (Å²) in [5.74, 6) is 0.0371. The number of nitrogens with zero attached hydrogens (tertiary/aromatic N) is 1. The number of hydrogen-bond acceptors (Lipinski definition) is 1. The fourth-order valence-corrected chi connectivity index (χ4v) is 2.26. The molecule has 0 aliphatic carbocycles. The Hall–Kier alpha value is -2.35. The third-order valence-corrected chi connectivity index (χ3v) is 3.11. The molecule has 88 valence electrons. The number of anilines is 1. The first-order chi connectivity index (χ1) is 8.86. The molecule has 0 saturated heterocycles. The zero-order valence-corrected chi connectivity index (χ0v) is 9.86. The smallest absolute Gasteiger partial charge is 0.251 e. The van der Waals surface area contributed by atoms with E-state index in [9.17, 15) is 4.79 Å². The minimum absolute atomic E-state index is 0.00102. The first-order valence-electron chi connectivity index (χ1n) is 5.97. The van der Waals surface area contributed by atoms with Crippen LogP contribution in [0.4, 0.5) is 5.69 Å². The van der Waals surface area contributed by atoms with Crippen molar-refractivity contribution in [3.05, 3.63) is 78.4 Å². The van der Waals surface area contributed by atoms with Crippen LogP contribution in [0.5, 0.6) is 0 Å². The highest BCUT2D eigenvalue weighted by Gasteiger charge is 2.27. The van der Waals surface area contributed by atoms with E-state index in [1.807, 2.05) is 71.6 Å². The number of carbonyl (C=O) groups is 1. The minimum Gasteiger partial charge on any atom is -0.298 e. The highest BCUT2D eigenvalue weighted by Crippen LogP contribution is 2.32. The van der Waals surface area contributed by atoms with Crippen molar-refractivity contribution in [1.29, 1.82) is 0 Å². The van der Waals surface area contributed by atoms with Gasteiger partial charge in [0.15, 0.2) is 0 Å². The first kappa shape index (κ1) is 10.8. The summed E-state index contributed by atoms with van der Waals surface area (Å²) >= 11 is 0. The van der Waals surface area contributed by atoms with Crippen LogP contribution in [-0.2, 0) is 4.79 Å². The maximum absolute atomic E-state index is 12.0. The van der Waals surface area contributed by atoms with Crippen LogP contribution in [0.1, 0.15) is 11.6 Å². The number of para-hydroxylation sites is 1. The summed E-state index contributed by atoms with van der Waals surface area (Å²) < 4.78 is 0. The summed E-state index contributed by atoms with van der Waals surface area (Å²) in [7, 11) is 0. The summed E-state index contributed by atoms with van der Waals surface area (Å²) in [6, 6.07) is 19.8. The van der Waals surface area contributed by atoms with E-state index in [0.29, 0.717) is 0 Å². The highest BCUT2D eigenvalue weighted by molar-refractivity contribution is 6.05. The van der Waals surface area contributed by atoms with Crippen LogP contribution < -0.4 is 4.90 Å². The van der Waals surface area contributed by atoms with Gasteiger partial charge < -0.3 is 0 Å². The Balaban J connectivity index is 2.00. The SMILES string of the molecule is O=C1C=CC(c2ccccc2)N1c1ccccc1. The third kappa shape index (κ3) is 1.82. The largest absolute Gasteiger partial charge is 0.298 e. The average Bonchev–Trinajstić information content (AvgIpc) is 2.83. The number of carbonyl (C=O) groups excluding carboxylic acids is 1. The standard InChI is InChI=1S/C16H13NO/c18-16-12-11-15(13-7-3-1-4-8-13)17(16)14-9-5-2-6-10-14/h1-12,15H. The van der Waals surface area contributed by atoms with Crippen molar-refractivity contribution in [1.82, 2.24) is 0 Å². The fourth-order valence-electron chi connectivity index (χ4n) is 2.26. The molecule has 1 heterocycles. The van der Waals surface area contributed by atoms with Crippen LogP contribution >= 0.6 is 0 Å². The lowest BCUT2D eigenvalue weighted by Crippen LogP contribution is -2.28. The normalized spacial score (nSPS) is 18.3. The third-order valence-electron chi connectivity index (χ3n) is 3.11. The van der Waals surface area contributed by atoms with Crippen molar-refractivity contribution in [2.75, 3.05) is 4.90 Å². The highest BCUT2D eigenvalue weighted by atomic mass is 16.2. The van der Waals surface area contributed by atoms with Crippen molar-refractivity contribution >= 4 is 11.6 Å². The molecule has 1 amide bonds. The lowest BCUT2D eigenvalue weighted by molar-refractivity contribution is -0.113. The molecule has 0 fully saturated rings. The Bertz CT molecular complexity index is 575. The molecule has 2 nitrogen and oxygen atoms in total. The molecule has 1 aliphatic heterocycles. The molecular weight excluding hydrogens is 222 g/mol. The molecule has 0 aromatic heterocycles. The van der Waals surface area contributed by atoms with Crippen LogP contribution in [0.3, 0.4) is 0 Å². The Kier molecular flexibility index (Phi) is 2.69. The van der Waals surface area contributed by atoms with Crippen LogP contribution in [0.15, 0.2) is 72.8 Å². The van der Waals surface area contributed by atoms with Gasteiger partial charge in [0.1, 0.15) is 0 Å². The van der Waals surface area contributed by atoms with Gasteiger partial charge in [-0.25, -0.2) is 0 Å². The molecule has 0 radical (unpaired) electrons. The summed E-state index contributed by atoms with van der Waals surface area (Å²) in [6.45, 7) is 0. The van der Waals surface area contributed by atoms with Crippen molar-refractivity contribution in [2.45, 2.75) is 6.04 Å². The maximum atomic E-state index is 12.0. The maximum Gasteiger partial charge on any atom is 0.251 e. The monoisotopic (exact) mass is 235 g/mol. The van der Waals surface area contributed by atoms with Crippen LogP contribution in [0.2, 0.25) is 0 Å². The van der Waals surface area contributed by atoms with Gasteiger partial charge in [-0.1, -0.05) is 54.6 Å². The Morgan fingerprint density at radius 3 is 2.11 bits per heavy atom. The molecule has 18 heavy (non-hydrogen) atoms. The van der Waals surface area contributed by atoms with Crippen molar-refractivity contribution in [3.8, 4) is 0 Å². The first-order valence-corrected chi connectivity index (χ1v) is 5.97. The van der Waals surface area contributed by atoms with Gasteiger partial charge in [-0.05, 0) is 17.7 Å². The van der Waals surface area contributed by atoms with Gasteiger partial charge in [0.2, 0.25) is 0 Å². The van der Waals surface area contributed by atoms with Gasteiger partial charge in [-0.15, -0.1) is 0 Å². The van der Waals surface area contributed by atoms with E-state index < -0.39 is 0 Å². The zero-order chi connectivity index (χ0) is 12.4. The van der Waals surface area contributed by atoms with E-state index in [2.05, 4.69) is 0 Å². The van der Waals surface area contributed by atoms with E-state index >= 15 is 0 Å². The predicted molar refractivity (Wildman–Crippen MR) is 72.3 cm³/mol. The molecule has 0 saturated carbocycles. The van der Waals surface area contributed by atoms with Crippen molar-refractivity contribution in [3.63, 3.8) is 0 Å². The molecule has 1 atom stereocenters. The van der Waals surface area contributed by atoms with Crippen LogP contribution in [0, 0.1) is 0 Å². The molecule has 0 bridgehead atoms. The minimum atomic E-state index is 0.00102. The molecule has 2 aromatic rings. The van der Waals surface area contributed by atoms with Gasteiger partial charge >= 0.3 is 0 Å². The summed E-state index contributed by atoms with van der Waals surface area (Å²) in [5.41, 5.74) is 2.06. The lowest BCUT2D eigenvalue weighted by Gasteiger charge is -2.25. The van der Waals surface area contributed by atoms with Crippen molar-refractivity contribution < 1.29 is 4.79 Å². The van der Waals surface area contributed by atoms with Gasteiger partial charge in [-0.3, -0.25) is 9.69 Å². The van der Waals surface area contributed by atoms with Crippen LogP contribution in [0.25, 0.3) is 0 Å². The molecule has 0 N–H and O–H groups in total. The van der Waals surface area contributed by atoms with E-state index in [1.54, 1.807) is 6.08 Å². The van der Waals surface area contributed by atoms with E-state index in [0.717, 1.165) is 11.3 Å². The molecule has 2 aromatic carbocycles. The van der Waals surface area contributed by atoms with Gasteiger partial charge in [0.25, 0.3) is 5.91 Å². The zero-order valence-electron chi connectivity index (χ0n) is 9.86. The molecule has 1 aliphatic rings. The molecular formula is C16H13NO. The Morgan fingerprint density at radius 1 is 0.833 bits per heavy atom. The van der Waals surface area contributed by atoms with E-state index in [4.69, 9.17) is 0 Å². The van der Waals surface area contributed by atoms with Gasteiger partial charge in [-0.2, -0.15) is 0 Å². The predicted octanol–water partition coefficient (Wildman–Crippen LogP) is 3.33. The molecule has 0 spiro atoms.